The maximum atomic E-state index is 13.5. The van der Waals surface area contributed by atoms with Crippen LogP contribution in [0.25, 0.3) is 0 Å². The smallest absolute Gasteiger partial charge is 0.224 e. The molecule has 2 rings (SSSR count). The van der Waals surface area contributed by atoms with Gasteiger partial charge in [-0.05, 0) is 36.5 Å². The SMILES string of the molecule is COc1ccc(CC(=O)NC(CN)C2CC2)cc1F.Cl. The molecule has 1 aliphatic rings. The van der Waals surface area contributed by atoms with E-state index in [4.69, 9.17) is 10.5 Å². The van der Waals surface area contributed by atoms with Gasteiger partial charge in [0.05, 0.1) is 13.5 Å². The minimum atomic E-state index is -0.453. The van der Waals surface area contributed by atoms with E-state index in [1.807, 2.05) is 0 Å². The lowest BCUT2D eigenvalue weighted by Gasteiger charge is -2.16. The van der Waals surface area contributed by atoms with E-state index in [0.29, 0.717) is 18.0 Å². The molecule has 20 heavy (non-hydrogen) atoms. The number of halogens is 2. The quantitative estimate of drug-likeness (QED) is 0.840. The summed E-state index contributed by atoms with van der Waals surface area (Å²) in [5, 5.41) is 2.91. The van der Waals surface area contributed by atoms with E-state index in [9.17, 15) is 9.18 Å². The van der Waals surface area contributed by atoms with Crippen molar-refractivity contribution in [2.45, 2.75) is 25.3 Å². The van der Waals surface area contributed by atoms with Crippen molar-refractivity contribution in [2.75, 3.05) is 13.7 Å². The summed E-state index contributed by atoms with van der Waals surface area (Å²) in [7, 11) is 1.41. The summed E-state index contributed by atoms with van der Waals surface area (Å²) >= 11 is 0. The van der Waals surface area contributed by atoms with E-state index >= 15 is 0 Å². The largest absolute Gasteiger partial charge is 0.494 e. The molecule has 1 atom stereocenters. The van der Waals surface area contributed by atoms with Crippen molar-refractivity contribution in [1.29, 1.82) is 0 Å². The van der Waals surface area contributed by atoms with Gasteiger partial charge in [0.15, 0.2) is 11.6 Å². The van der Waals surface area contributed by atoms with Gasteiger partial charge >= 0.3 is 0 Å². The molecule has 1 unspecified atom stereocenters. The molecule has 0 bridgehead atoms. The Balaban J connectivity index is 0.00000200. The summed E-state index contributed by atoms with van der Waals surface area (Å²) in [6, 6.07) is 4.60. The molecular formula is C14H20ClFN2O2. The van der Waals surface area contributed by atoms with E-state index in [1.54, 1.807) is 6.07 Å². The highest BCUT2D eigenvalue weighted by atomic mass is 35.5. The second kappa shape index (κ2) is 7.45. The Labute approximate surface area is 124 Å². The zero-order valence-corrected chi connectivity index (χ0v) is 12.2. The van der Waals surface area contributed by atoms with Crippen LogP contribution in [-0.2, 0) is 11.2 Å². The fourth-order valence-corrected chi connectivity index (χ4v) is 2.13. The third kappa shape index (κ3) is 4.35. The molecule has 1 aromatic rings. The number of hydrogen-bond donors (Lipinski definition) is 2. The molecular weight excluding hydrogens is 283 g/mol. The number of benzene rings is 1. The maximum Gasteiger partial charge on any atom is 0.224 e. The van der Waals surface area contributed by atoms with Crippen LogP contribution in [0.4, 0.5) is 4.39 Å². The summed E-state index contributed by atoms with van der Waals surface area (Å²) in [4.78, 5) is 11.9. The average molecular weight is 303 g/mol. The van der Waals surface area contributed by atoms with Crippen LogP contribution < -0.4 is 15.8 Å². The number of rotatable bonds is 6. The van der Waals surface area contributed by atoms with Gasteiger partial charge in [0.25, 0.3) is 0 Å². The van der Waals surface area contributed by atoms with Gasteiger partial charge in [-0.25, -0.2) is 4.39 Å². The van der Waals surface area contributed by atoms with E-state index < -0.39 is 5.82 Å². The number of methoxy groups -OCH3 is 1. The molecule has 1 amide bonds. The summed E-state index contributed by atoms with van der Waals surface area (Å²) in [6.45, 7) is 0.452. The van der Waals surface area contributed by atoms with Gasteiger partial charge in [0, 0.05) is 12.6 Å². The van der Waals surface area contributed by atoms with E-state index in [2.05, 4.69) is 5.32 Å². The van der Waals surface area contributed by atoms with Gasteiger partial charge < -0.3 is 15.8 Å². The van der Waals surface area contributed by atoms with Crippen LogP contribution in [-0.4, -0.2) is 25.6 Å². The fraction of sp³-hybridized carbons (Fsp3) is 0.500. The first kappa shape index (κ1) is 16.7. The Morgan fingerprint density at radius 2 is 2.25 bits per heavy atom. The van der Waals surface area contributed by atoms with E-state index in [0.717, 1.165) is 12.8 Å². The van der Waals surface area contributed by atoms with Gasteiger partial charge in [-0.3, -0.25) is 4.79 Å². The zero-order chi connectivity index (χ0) is 13.8. The van der Waals surface area contributed by atoms with Crippen molar-refractivity contribution in [3.8, 4) is 5.75 Å². The lowest BCUT2D eigenvalue weighted by Crippen LogP contribution is -2.42. The molecule has 0 spiro atoms. The first-order valence-electron chi connectivity index (χ1n) is 6.46. The number of carbonyl (C=O) groups is 1. The van der Waals surface area contributed by atoms with Crippen molar-refractivity contribution < 1.29 is 13.9 Å². The highest BCUT2D eigenvalue weighted by Gasteiger charge is 2.31. The van der Waals surface area contributed by atoms with Gasteiger partial charge in [0.1, 0.15) is 0 Å². The molecule has 1 aromatic carbocycles. The van der Waals surface area contributed by atoms with Crippen molar-refractivity contribution in [1.82, 2.24) is 5.32 Å². The molecule has 6 heteroatoms. The molecule has 0 aromatic heterocycles. The van der Waals surface area contributed by atoms with Crippen molar-refractivity contribution >= 4 is 18.3 Å². The number of ether oxygens (including phenoxy) is 1. The molecule has 4 nitrogen and oxygen atoms in total. The normalized spacial score (nSPS) is 15.2. The lowest BCUT2D eigenvalue weighted by molar-refractivity contribution is -0.121. The number of nitrogens with two attached hydrogens (primary N) is 1. The topological polar surface area (TPSA) is 64.3 Å². The number of carbonyl (C=O) groups excluding carboxylic acids is 1. The fourth-order valence-electron chi connectivity index (χ4n) is 2.13. The van der Waals surface area contributed by atoms with E-state index in [-0.39, 0.29) is 36.5 Å². The molecule has 1 saturated carbocycles. The molecule has 112 valence electrons. The number of hydrogen-bond acceptors (Lipinski definition) is 3. The molecule has 0 aliphatic heterocycles. The highest BCUT2D eigenvalue weighted by molar-refractivity contribution is 5.85. The molecule has 1 aliphatic carbocycles. The van der Waals surface area contributed by atoms with Crippen LogP contribution in [0, 0.1) is 11.7 Å². The van der Waals surface area contributed by atoms with Crippen LogP contribution >= 0.6 is 12.4 Å². The first-order valence-corrected chi connectivity index (χ1v) is 6.46. The third-order valence-electron chi connectivity index (χ3n) is 3.37. The Morgan fingerprint density at radius 1 is 1.55 bits per heavy atom. The molecule has 0 heterocycles. The predicted octanol–water partition coefficient (Wildman–Crippen LogP) is 1.65. The summed E-state index contributed by atoms with van der Waals surface area (Å²) in [6.07, 6.45) is 2.41. The standard InChI is InChI=1S/C14H19FN2O2.ClH/c1-19-13-5-2-9(6-11(13)15)7-14(18)17-12(8-16)10-3-4-10;/h2,5-6,10,12H,3-4,7-8,16H2,1H3,(H,17,18);1H. The van der Waals surface area contributed by atoms with Crippen LogP contribution in [0.3, 0.4) is 0 Å². The third-order valence-corrected chi connectivity index (χ3v) is 3.37. The average Bonchev–Trinajstić information content (AvgIpc) is 3.20. The predicted molar refractivity (Wildman–Crippen MR) is 77.6 cm³/mol. The molecule has 1 fully saturated rings. The van der Waals surface area contributed by atoms with Crippen LogP contribution in [0.5, 0.6) is 5.75 Å². The van der Waals surface area contributed by atoms with Gasteiger partial charge in [-0.2, -0.15) is 0 Å². The van der Waals surface area contributed by atoms with Gasteiger partial charge in [0.2, 0.25) is 5.91 Å². The first-order chi connectivity index (χ1) is 9.13. The highest BCUT2D eigenvalue weighted by Crippen LogP contribution is 2.32. The monoisotopic (exact) mass is 302 g/mol. The Bertz CT molecular complexity index is 466. The Hall–Kier alpha value is -1.33. The van der Waals surface area contributed by atoms with Gasteiger partial charge in [-0.15, -0.1) is 12.4 Å². The van der Waals surface area contributed by atoms with Crippen LogP contribution in [0.15, 0.2) is 18.2 Å². The molecule has 0 radical (unpaired) electrons. The van der Waals surface area contributed by atoms with Crippen molar-refractivity contribution in [3.05, 3.63) is 29.6 Å². The second-order valence-corrected chi connectivity index (χ2v) is 4.89. The van der Waals surface area contributed by atoms with Crippen molar-refractivity contribution in [2.24, 2.45) is 11.7 Å². The van der Waals surface area contributed by atoms with Gasteiger partial charge in [-0.1, -0.05) is 6.07 Å². The Morgan fingerprint density at radius 3 is 2.75 bits per heavy atom. The minimum Gasteiger partial charge on any atom is -0.494 e. The summed E-state index contributed by atoms with van der Waals surface area (Å²) in [5.41, 5.74) is 6.25. The second-order valence-electron chi connectivity index (χ2n) is 4.89. The summed E-state index contributed by atoms with van der Waals surface area (Å²) < 4.78 is 18.3. The van der Waals surface area contributed by atoms with Crippen LogP contribution in [0.2, 0.25) is 0 Å². The van der Waals surface area contributed by atoms with Crippen LogP contribution in [0.1, 0.15) is 18.4 Å². The molecule has 3 N–H and O–H groups in total. The summed E-state index contributed by atoms with van der Waals surface area (Å²) in [5.74, 6) is 0.126. The minimum absolute atomic E-state index is 0. The zero-order valence-electron chi connectivity index (χ0n) is 11.4. The van der Waals surface area contributed by atoms with Crippen molar-refractivity contribution in [3.63, 3.8) is 0 Å². The molecule has 0 saturated heterocycles. The van der Waals surface area contributed by atoms with E-state index in [1.165, 1.54) is 19.2 Å². The maximum absolute atomic E-state index is 13.5. The number of amides is 1. The lowest BCUT2D eigenvalue weighted by atomic mass is 10.1. The number of nitrogens with one attached hydrogen (secondary N) is 1. The Kier molecular flexibility index (Phi) is 6.23.